The maximum Gasteiger partial charge on any atom is 0.0611 e. The topological polar surface area (TPSA) is 44.7 Å². The molecule has 3 unspecified atom stereocenters. The van der Waals surface area contributed by atoms with Crippen LogP contribution in [-0.4, -0.2) is 61.0 Å². The number of hydrogen-bond donors (Lipinski definition) is 2. The first-order valence-corrected chi connectivity index (χ1v) is 8.04. The standard InChI is InChI=1S/C16H36N2O2/c1-7-9-17-16(5,13-19)12-15(4)18(10-11-20-6)14(3)8-2/h14-15,17,19H,7-13H2,1-6H3. The van der Waals surface area contributed by atoms with Crippen molar-refractivity contribution in [1.82, 2.24) is 10.2 Å². The zero-order valence-electron chi connectivity index (χ0n) is 14.4. The van der Waals surface area contributed by atoms with E-state index in [4.69, 9.17) is 4.74 Å². The molecule has 4 heteroatoms. The first kappa shape index (κ1) is 19.8. The third kappa shape index (κ3) is 7.02. The van der Waals surface area contributed by atoms with Gasteiger partial charge in [-0.2, -0.15) is 0 Å². The van der Waals surface area contributed by atoms with E-state index >= 15 is 0 Å². The van der Waals surface area contributed by atoms with Gasteiger partial charge >= 0.3 is 0 Å². The van der Waals surface area contributed by atoms with Gasteiger partial charge in [0.2, 0.25) is 0 Å². The smallest absolute Gasteiger partial charge is 0.0611 e. The molecule has 0 aromatic heterocycles. The van der Waals surface area contributed by atoms with Crippen molar-refractivity contribution in [2.75, 3.05) is 33.4 Å². The van der Waals surface area contributed by atoms with Crippen molar-refractivity contribution in [2.24, 2.45) is 0 Å². The fourth-order valence-electron chi connectivity index (χ4n) is 2.70. The van der Waals surface area contributed by atoms with Crippen LogP contribution in [0.1, 0.15) is 53.9 Å². The second-order valence-corrected chi connectivity index (χ2v) is 6.19. The summed E-state index contributed by atoms with van der Waals surface area (Å²) in [5.41, 5.74) is -0.200. The lowest BCUT2D eigenvalue weighted by molar-refractivity contribution is 0.0651. The highest BCUT2D eigenvalue weighted by Crippen LogP contribution is 2.19. The number of aliphatic hydroxyl groups excluding tert-OH is 1. The van der Waals surface area contributed by atoms with E-state index in [-0.39, 0.29) is 12.1 Å². The summed E-state index contributed by atoms with van der Waals surface area (Å²) < 4.78 is 5.23. The van der Waals surface area contributed by atoms with E-state index in [0.29, 0.717) is 12.1 Å². The average molecular weight is 288 g/mol. The van der Waals surface area contributed by atoms with Crippen molar-refractivity contribution in [2.45, 2.75) is 71.5 Å². The third-order valence-corrected chi connectivity index (χ3v) is 4.17. The van der Waals surface area contributed by atoms with Crippen LogP contribution in [0.3, 0.4) is 0 Å². The van der Waals surface area contributed by atoms with Crippen molar-refractivity contribution in [3.05, 3.63) is 0 Å². The molecule has 20 heavy (non-hydrogen) atoms. The summed E-state index contributed by atoms with van der Waals surface area (Å²) in [4.78, 5) is 2.49. The van der Waals surface area contributed by atoms with Gasteiger partial charge in [-0.3, -0.25) is 4.90 Å². The van der Waals surface area contributed by atoms with Gasteiger partial charge in [0.15, 0.2) is 0 Å². The normalized spacial score (nSPS) is 18.0. The number of aliphatic hydroxyl groups is 1. The molecule has 0 saturated carbocycles. The summed E-state index contributed by atoms with van der Waals surface area (Å²) in [7, 11) is 1.75. The summed E-state index contributed by atoms with van der Waals surface area (Å²) >= 11 is 0. The molecule has 0 aliphatic carbocycles. The molecule has 0 aromatic carbocycles. The fraction of sp³-hybridized carbons (Fsp3) is 1.00. The number of hydrogen-bond acceptors (Lipinski definition) is 4. The van der Waals surface area contributed by atoms with Gasteiger partial charge in [-0.1, -0.05) is 13.8 Å². The molecule has 0 radical (unpaired) electrons. The Kier molecular flexibility index (Phi) is 10.5. The third-order valence-electron chi connectivity index (χ3n) is 4.17. The van der Waals surface area contributed by atoms with Crippen LogP contribution in [0.5, 0.6) is 0 Å². The molecular weight excluding hydrogens is 252 g/mol. The lowest BCUT2D eigenvalue weighted by atomic mass is 9.92. The van der Waals surface area contributed by atoms with Gasteiger partial charge in [-0.25, -0.2) is 0 Å². The quantitative estimate of drug-likeness (QED) is 0.578. The van der Waals surface area contributed by atoms with E-state index in [1.54, 1.807) is 7.11 Å². The lowest BCUT2D eigenvalue weighted by Crippen LogP contribution is -2.52. The van der Waals surface area contributed by atoms with Crippen LogP contribution in [-0.2, 0) is 4.74 Å². The van der Waals surface area contributed by atoms with Gasteiger partial charge in [0.1, 0.15) is 0 Å². The van der Waals surface area contributed by atoms with Crippen molar-refractivity contribution in [3.63, 3.8) is 0 Å². The molecule has 0 fully saturated rings. The van der Waals surface area contributed by atoms with Crippen LogP contribution in [0.4, 0.5) is 0 Å². The van der Waals surface area contributed by atoms with E-state index in [9.17, 15) is 5.11 Å². The molecule has 0 amide bonds. The Bertz CT molecular complexity index is 239. The Morgan fingerprint density at radius 2 is 1.90 bits per heavy atom. The number of methoxy groups -OCH3 is 1. The molecule has 0 heterocycles. The molecule has 2 N–H and O–H groups in total. The van der Waals surface area contributed by atoms with Crippen LogP contribution in [0.25, 0.3) is 0 Å². The van der Waals surface area contributed by atoms with Crippen LogP contribution in [0.15, 0.2) is 0 Å². The first-order chi connectivity index (χ1) is 9.44. The average Bonchev–Trinajstić information content (AvgIpc) is 2.45. The van der Waals surface area contributed by atoms with Gasteiger partial charge in [0.25, 0.3) is 0 Å². The molecule has 3 atom stereocenters. The van der Waals surface area contributed by atoms with Crippen molar-refractivity contribution < 1.29 is 9.84 Å². The SMILES string of the molecule is CCCNC(C)(CO)CC(C)N(CCOC)C(C)CC. The fourth-order valence-corrected chi connectivity index (χ4v) is 2.70. The Morgan fingerprint density at radius 1 is 1.25 bits per heavy atom. The highest BCUT2D eigenvalue weighted by molar-refractivity contribution is 4.88. The maximum atomic E-state index is 9.71. The molecule has 4 nitrogen and oxygen atoms in total. The largest absolute Gasteiger partial charge is 0.394 e. The number of ether oxygens (including phenoxy) is 1. The molecule has 0 saturated heterocycles. The second kappa shape index (κ2) is 10.6. The highest BCUT2D eigenvalue weighted by Gasteiger charge is 2.29. The Labute approximate surface area is 125 Å². The molecule has 0 aromatic rings. The summed E-state index contributed by atoms with van der Waals surface area (Å²) in [6.45, 7) is 13.8. The maximum absolute atomic E-state index is 9.71. The van der Waals surface area contributed by atoms with Crippen LogP contribution < -0.4 is 5.32 Å². The molecule has 0 aliphatic heterocycles. The summed E-state index contributed by atoms with van der Waals surface area (Å²) in [5, 5.41) is 13.2. The Balaban J connectivity index is 4.64. The summed E-state index contributed by atoms with van der Waals surface area (Å²) in [6.07, 6.45) is 3.16. The Morgan fingerprint density at radius 3 is 2.35 bits per heavy atom. The van der Waals surface area contributed by atoms with Crippen LogP contribution in [0.2, 0.25) is 0 Å². The van der Waals surface area contributed by atoms with Gasteiger partial charge in [0, 0.05) is 31.3 Å². The first-order valence-electron chi connectivity index (χ1n) is 8.04. The number of nitrogens with one attached hydrogen (secondary N) is 1. The van der Waals surface area contributed by atoms with Gasteiger partial charge in [-0.15, -0.1) is 0 Å². The minimum Gasteiger partial charge on any atom is -0.394 e. The monoisotopic (exact) mass is 288 g/mol. The predicted molar refractivity (Wildman–Crippen MR) is 86.2 cm³/mol. The van der Waals surface area contributed by atoms with E-state index < -0.39 is 0 Å². The predicted octanol–water partition coefficient (Wildman–Crippen LogP) is 2.26. The van der Waals surface area contributed by atoms with E-state index in [0.717, 1.165) is 39.0 Å². The molecule has 122 valence electrons. The minimum atomic E-state index is -0.200. The van der Waals surface area contributed by atoms with Crippen molar-refractivity contribution >= 4 is 0 Å². The minimum absolute atomic E-state index is 0.177. The van der Waals surface area contributed by atoms with Crippen LogP contribution in [0, 0.1) is 0 Å². The molecule has 0 spiro atoms. The number of rotatable bonds is 12. The zero-order chi connectivity index (χ0) is 15.6. The molecular formula is C16H36N2O2. The van der Waals surface area contributed by atoms with Gasteiger partial charge in [0.05, 0.1) is 13.2 Å². The summed E-state index contributed by atoms with van der Waals surface area (Å²) in [6, 6.07) is 0.955. The van der Waals surface area contributed by atoms with Crippen LogP contribution >= 0.6 is 0 Å². The zero-order valence-corrected chi connectivity index (χ0v) is 14.4. The molecule has 0 aliphatic rings. The van der Waals surface area contributed by atoms with Crippen molar-refractivity contribution in [1.29, 1.82) is 0 Å². The van der Waals surface area contributed by atoms with Gasteiger partial charge < -0.3 is 15.2 Å². The van der Waals surface area contributed by atoms with Gasteiger partial charge in [-0.05, 0) is 46.6 Å². The van der Waals surface area contributed by atoms with E-state index in [2.05, 4.69) is 44.8 Å². The lowest BCUT2D eigenvalue weighted by Gasteiger charge is -2.39. The Hall–Kier alpha value is -0.160. The van der Waals surface area contributed by atoms with Crippen molar-refractivity contribution in [3.8, 4) is 0 Å². The highest BCUT2D eigenvalue weighted by atomic mass is 16.5. The second-order valence-electron chi connectivity index (χ2n) is 6.19. The summed E-state index contributed by atoms with van der Waals surface area (Å²) in [5.74, 6) is 0. The van der Waals surface area contributed by atoms with E-state index in [1.165, 1.54) is 0 Å². The molecule has 0 bridgehead atoms. The number of nitrogens with zero attached hydrogens (tertiary/aromatic N) is 1. The molecule has 0 rings (SSSR count). The van der Waals surface area contributed by atoms with E-state index in [1.807, 2.05) is 0 Å².